The first-order valence-corrected chi connectivity index (χ1v) is 4.63. The monoisotopic (exact) mass is 220 g/mol. The molecule has 0 fully saturated rings. The molecule has 0 aliphatic rings. The molecule has 0 atom stereocenters. The highest BCUT2D eigenvalue weighted by Crippen LogP contribution is 2.27. The molecule has 0 saturated heterocycles. The van der Waals surface area contributed by atoms with Crippen LogP contribution in [0.15, 0.2) is 30.3 Å². The van der Waals surface area contributed by atoms with Gasteiger partial charge in [-0.3, -0.25) is 0 Å². The van der Waals surface area contributed by atoms with Crippen LogP contribution >= 0.6 is 0 Å². The van der Waals surface area contributed by atoms with Crippen molar-refractivity contribution in [3.63, 3.8) is 0 Å². The van der Waals surface area contributed by atoms with Gasteiger partial charge in [-0.1, -0.05) is 6.07 Å². The Morgan fingerprint density at radius 3 is 2.69 bits per heavy atom. The van der Waals surface area contributed by atoms with Crippen molar-refractivity contribution in [3.05, 3.63) is 41.7 Å². The Bertz CT molecular complexity index is 563. The average Bonchev–Trinajstić information content (AvgIpc) is 2.32. The molecule has 0 heterocycles. The van der Waals surface area contributed by atoms with Gasteiger partial charge in [-0.05, 0) is 24.3 Å². The molecule has 82 valence electrons. The molecular weight excluding hydrogens is 211 g/mol. The van der Waals surface area contributed by atoms with Crippen LogP contribution in [0.4, 0.5) is 4.39 Å². The Morgan fingerprint density at radius 2 is 2.00 bits per heavy atom. The SMILES string of the molecule is COC(=O)c1ccc2c(F)ccc(O)c2c1. The smallest absolute Gasteiger partial charge is 0.337 e. The lowest BCUT2D eigenvalue weighted by atomic mass is 10.1. The average molecular weight is 220 g/mol. The fourth-order valence-corrected chi connectivity index (χ4v) is 1.54. The fourth-order valence-electron chi connectivity index (χ4n) is 1.54. The Balaban J connectivity index is 2.70. The maximum absolute atomic E-state index is 13.4. The number of phenolic OH excluding ortho intramolecular Hbond substituents is 1. The van der Waals surface area contributed by atoms with E-state index < -0.39 is 11.8 Å². The molecule has 0 aliphatic heterocycles. The van der Waals surface area contributed by atoms with Crippen molar-refractivity contribution in [2.45, 2.75) is 0 Å². The van der Waals surface area contributed by atoms with Crippen LogP contribution in [0.25, 0.3) is 10.8 Å². The number of hydrogen-bond donors (Lipinski definition) is 1. The summed E-state index contributed by atoms with van der Waals surface area (Å²) in [5.41, 5.74) is 0.274. The topological polar surface area (TPSA) is 46.5 Å². The molecule has 0 spiro atoms. The second-order valence-electron chi connectivity index (χ2n) is 3.32. The summed E-state index contributed by atoms with van der Waals surface area (Å²) in [5, 5.41) is 10.1. The Morgan fingerprint density at radius 1 is 1.25 bits per heavy atom. The van der Waals surface area contributed by atoms with Gasteiger partial charge in [0.2, 0.25) is 0 Å². The molecule has 0 unspecified atom stereocenters. The number of methoxy groups -OCH3 is 1. The summed E-state index contributed by atoms with van der Waals surface area (Å²) in [5.74, 6) is -1.03. The van der Waals surface area contributed by atoms with E-state index in [9.17, 15) is 14.3 Å². The zero-order chi connectivity index (χ0) is 11.7. The quantitative estimate of drug-likeness (QED) is 0.751. The predicted molar refractivity (Wildman–Crippen MR) is 56.9 cm³/mol. The number of esters is 1. The van der Waals surface area contributed by atoms with E-state index in [-0.39, 0.29) is 16.7 Å². The van der Waals surface area contributed by atoms with Gasteiger partial charge in [0, 0.05) is 10.8 Å². The summed E-state index contributed by atoms with van der Waals surface area (Å²) in [7, 11) is 1.26. The highest BCUT2D eigenvalue weighted by atomic mass is 19.1. The van der Waals surface area contributed by atoms with E-state index in [1.54, 1.807) is 0 Å². The number of fused-ring (bicyclic) bond motifs is 1. The van der Waals surface area contributed by atoms with E-state index in [2.05, 4.69) is 4.74 Å². The van der Waals surface area contributed by atoms with Gasteiger partial charge in [0.05, 0.1) is 12.7 Å². The highest BCUT2D eigenvalue weighted by Gasteiger charge is 2.10. The Labute approximate surface area is 91.1 Å². The molecular formula is C12H9FO3. The number of benzene rings is 2. The van der Waals surface area contributed by atoms with Gasteiger partial charge in [-0.15, -0.1) is 0 Å². The maximum atomic E-state index is 13.4. The third-order valence-corrected chi connectivity index (χ3v) is 2.36. The number of ether oxygens (including phenoxy) is 1. The highest BCUT2D eigenvalue weighted by molar-refractivity contribution is 5.97. The van der Waals surface area contributed by atoms with Gasteiger partial charge in [-0.2, -0.15) is 0 Å². The van der Waals surface area contributed by atoms with Gasteiger partial charge >= 0.3 is 5.97 Å². The molecule has 1 N–H and O–H groups in total. The van der Waals surface area contributed by atoms with Crippen LogP contribution in [0.5, 0.6) is 5.75 Å². The van der Waals surface area contributed by atoms with Crippen LogP contribution in [0.1, 0.15) is 10.4 Å². The first-order chi connectivity index (χ1) is 7.63. The van der Waals surface area contributed by atoms with E-state index in [1.165, 1.54) is 37.4 Å². The van der Waals surface area contributed by atoms with Crippen LogP contribution < -0.4 is 0 Å². The Kier molecular flexibility index (Phi) is 2.48. The number of hydrogen-bond acceptors (Lipinski definition) is 3. The predicted octanol–water partition coefficient (Wildman–Crippen LogP) is 2.47. The molecule has 0 saturated carbocycles. The summed E-state index contributed by atoms with van der Waals surface area (Å²) in [6.45, 7) is 0. The van der Waals surface area contributed by atoms with Crippen LogP contribution in [0, 0.1) is 5.82 Å². The number of carbonyl (C=O) groups excluding carboxylic acids is 1. The van der Waals surface area contributed by atoms with Gasteiger partial charge in [0.15, 0.2) is 0 Å². The minimum atomic E-state index is -0.523. The second kappa shape index (κ2) is 3.81. The first-order valence-electron chi connectivity index (χ1n) is 4.63. The summed E-state index contributed by atoms with van der Waals surface area (Å²) < 4.78 is 17.9. The number of aromatic hydroxyl groups is 1. The molecule has 2 aromatic rings. The minimum absolute atomic E-state index is 0.0675. The molecule has 2 aromatic carbocycles. The number of halogens is 1. The summed E-state index contributed by atoms with van der Waals surface area (Å²) in [4.78, 5) is 11.3. The zero-order valence-corrected chi connectivity index (χ0v) is 8.53. The van der Waals surface area contributed by atoms with Gasteiger partial charge in [0.25, 0.3) is 0 Å². The van der Waals surface area contributed by atoms with Crippen molar-refractivity contribution < 1.29 is 19.0 Å². The van der Waals surface area contributed by atoms with Crippen molar-refractivity contribution in [1.29, 1.82) is 0 Å². The molecule has 0 aromatic heterocycles. The molecule has 3 nitrogen and oxygen atoms in total. The summed E-state index contributed by atoms with van der Waals surface area (Å²) in [6.07, 6.45) is 0. The molecule has 4 heteroatoms. The van der Waals surface area contributed by atoms with Crippen molar-refractivity contribution in [2.24, 2.45) is 0 Å². The van der Waals surface area contributed by atoms with E-state index in [1.807, 2.05) is 0 Å². The normalized spacial score (nSPS) is 10.4. The lowest BCUT2D eigenvalue weighted by molar-refractivity contribution is 0.0601. The third-order valence-electron chi connectivity index (χ3n) is 2.36. The zero-order valence-electron chi connectivity index (χ0n) is 8.53. The second-order valence-corrected chi connectivity index (χ2v) is 3.32. The van der Waals surface area contributed by atoms with Crippen molar-refractivity contribution in [2.75, 3.05) is 7.11 Å². The van der Waals surface area contributed by atoms with Crippen LogP contribution in [-0.4, -0.2) is 18.2 Å². The molecule has 2 rings (SSSR count). The lowest BCUT2D eigenvalue weighted by Gasteiger charge is -2.04. The number of carbonyl (C=O) groups is 1. The van der Waals surface area contributed by atoms with E-state index >= 15 is 0 Å². The number of phenols is 1. The molecule has 0 bridgehead atoms. The maximum Gasteiger partial charge on any atom is 0.337 e. The van der Waals surface area contributed by atoms with Crippen LogP contribution in [-0.2, 0) is 4.74 Å². The van der Waals surface area contributed by atoms with E-state index in [0.717, 1.165) is 0 Å². The molecule has 0 aliphatic carbocycles. The molecule has 0 radical (unpaired) electrons. The van der Waals surface area contributed by atoms with Gasteiger partial charge < -0.3 is 9.84 Å². The van der Waals surface area contributed by atoms with Gasteiger partial charge in [-0.25, -0.2) is 9.18 Å². The summed E-state index contributed by atoms with van der Waals surface area (Å²) in [6, 6.07) is 6.72. The first kappa shape index (κ1) is 10.4. The number of rotatable bonds is 1. The van der Waals surface area contributed by atoms with E-state index in [0.29, 0.717) is 5.39 Å². The standard InChI is InChI=1S/C12H9FO3/c1-16-12(15)7-2-3-8-9(6-7)11(14)5-4-10(8)13/h2-6,14H,1H3. The molecule has 16 heavy (non-hydrogen) atoms. The van der Waals surface area contributed by atoms with Crippen molar-refractivity contribution in [1.82, 2.24) is 0 Å². The van der Waals surface area contributed by atoms with Crippen LogP contribution in [0.3, 0.4) is 0 Å². The van der Waals surface area contributed by atoms with E-state index in [4.69, 9.17) is 0 Å². The van der Waals surface area contributed by atoms with Crippen molar-refractivity contribution in [3.8, 4) is 5.75 Å². The van der Waals surface area contributed by atoms with Crippen molar-refractivity contribution >= 4 is 16.7 Å². The van der Waals surface area contributed by atoms with Gasteiger partial charge in [0.1, 0.15) is 11.6 Å². The summed E-state index contributed by atoms with van der Waals surface area (Å²) >= 11 is 0. The minimum Gasteiger partial charge on any atom is -0.507 e. The third kappa shape index (κ3) is 1.58. The van der Waals surface area contributed by atoms with Crippen LogP contribution in [0.2, 0.25) is 0 Å². The fraction of sp³-hybridized carbons (Fsp3) is 0.0833. The Hall–Kier alpha value is -2.10. The molecule has 0 amide bonds. The largest absolute Gasteiger partial charge is 0.507 e. The lowest BCUT2D eigenvalue weighted by Crippen LogP contribution is -2.00.